The molecule has 2 heterocycles. The molecule has 0 bridgehead atoms. The molecule has 9 nitrogen and oxygen atoms in total. The summed E-state index contributed by atoms with van der Waals surface area (Å²) in [6.45, 7) is 0. The molecule has 18 heavy (non-hydrogen) atoms. The van der Waals surface area contributed by atoms with Crippen LogP contribution >= 0.6 is 0 Å². The normalized spacial score (nSPS) is 9.89. The van der Waals surface area contributed by atoms with Crippen molar-refractivity contribution in [1.29, 1.82) is 0 Å². The zero-order valence-corrected chi connectivity index (χ0v) is 10.0. The molecule has 0 saturated heterocycles. The first-order valence-electron chi connectivity index (χ1n) is 4.96. The molecular formula is C9H14N8O. The van der Waals surface area contributed by atoms with Crippen LogP contribution in [0.2, 0.25) is 0 Å². The summed E-state index contributed by atoms with van der Waals surface area (Å²) in [4.78, 5) is 23.5. The first kappa shape index (κ1) is 13.4. The number of aromatic amines is 2. The van der Waals surface area contributed by atoms with Crippen LogP contribution in [0.25, 0.3) is 0 Å². The van der Waals surface area contributed by atoms with E-state index in [2.05, 4.69) is 30.3 Å². The van der Waals surface area contributed by atoms with Gasteiger partial charge < -0.3 is 15.7 Å². The van der Waals surface area contributed by atoms with E-state index in [-0.39, 0.29) is 11.5 Å². The molecule has 0 fully saturated rings. The number of amides is 1. The Kier molecular flexibility index (Phi) is 5.03. The summed E-state index contributed by atoms with van der Waals surface area (Å²) in [5.41, 5.74) is 5.20. The van der Waals surface area contributed by atoms with E-state index in [4.69, 9.17) is 5.73 Å². The summed E-state index contributed by atoms with van der Waals surface area (Å²) < 4.78 is 0. The molecule has 0 spiro atoms. The van der Waals surface area contributed by atoms with Crippen LogP contribution in [0.5, 0.6) is 0 Å². The number of nitrogens with one attached hydrogen (secondary N) is 2. The summed E-state index contributed by atoms with van der Waals surface area (Å²) >= 11 is 0. The topological polar surface area (TPSA) is 128 Å². The number of rotatable bonds is 3. The predicted molar refractivity (Wildman–Crippen MR) is 63.9 cm³/mol. The van der Waals surface area contributed by atoms with Crippen LogP contribution in [-0.4, -0.2) is 44.9 Å². The summed E-state index contributed by atoms with van der Waals surface area (Å²) in [5.74, 6) is -0.411. The second-order valence-corrected chi connectivity index (χ2v) is 3.26. The molecule has 0 radical (unpaired) electrons. The number of aromatic nitrogens is 4. The van der Waals surface area contributed by atoms with E-state index >= 15 is 0 Å². The summed E-state index contributed by atoms with van der Waals surface area (Å²) in [6.07, 6.45) is 6.42. The highest BCUT2D eigenvalue weighted by Crippen LogP contribution is 2.12. The second kappa shape index (κ2) is 6.78. The molecule has 2 aromatic heterocycles. The fourth-order valence-corrected chi connectivity index (χ4v) is 0.891. The molecule has 1 amide bonds. The third-order valence-electron chi connectivity index (χ3n) is 1.59. The maximum Gasteiger partial charge on any atom is 0.269 e. The summed E-state index contributed by atoms with van der Waals surface area (Å²) in [5, 5.41) is 8.86. The van der Waals surface area contributed by atoms with Crippen molar-refractivity contribution in [2.24, 2.45) is 16.1 Å². The molecule has 0 saturated carbocycles. The first-order valence-corrected chi connectivity index (χ1v) is 4.96. The maximum atomic E-state index is 10.8. The Bertz CT molecular complexity index is 469. The van der Waals surface area contributed by atoms with Crippen molar-refractivity contribution in [3.8, 4) is 0 Å². The number of nitrogens with zero attached hydrogens (tertiary/aromatic N) is 5. The molecule has 0 unspecified atom stereocenters. The summed E-state index contributed by atoms with van der Waals surface area (Å²) in [7, 11) is 3.42. The van der Waals surface area contributed by atoms with Gasteiger partial charge in [-0.25, -0.2) is 9.97 Å². The minimum absolute atomic E-state index is 0.158. The van der Waals surface area contributed by atoms with Gasteiger partial charge in [0.2, 0.25) is 5.82 Å². The Morgan fingerprint density at radius 1 is 1.44 bits per heavy atom. The Morgan fingerprint density at radius 3 is 2.67 bits per heavy atom. The van der Waals surface area contributed by atoms with Gasteiger partial charge in [-0.2, -0.15) is 0 Å². The quantitative estimate of drug-likeness (QED) is 0.540. The average Bonchev–Trinajstić information content (AvgIpc) is 3.00. The molecule has 0 atom stereocenters. The second-order valence-electron chi connectivity index (χ2n) is 3.26. The Morgan fingerprint density at radius 2 is 2.22 bits per heavy atom. The lowest BCUT2D eigenvalue weighted by molar-refractivity contribution is 0.0996. The monoisotopic (exact) mass is 250 g/mol. The van der Waals surface area contributed by atoms with Crippen LogP contribution in [0.4, 0.5) is 5.82 Å². The van der Waals surface area contributed by atoms with Crippen molar-refractivity contribution < 1.29 is 4.79 Å². The Balaban J connectivity index is 0.000000269. The lowest BCUT2D eigenvalue weighted by atomic mass is 10.4. The van der Waals surface area contributed by atoms with Gasteiger partial charge in [0, 0.05) is 26.5 Å². The highest BCUT2D eigenvalue weighted by Gasteiger charge is 2.09. The van der Waals surface area contributed by atoms with Crippen molar-refractivity contribution in [3.05, 3.63) is 30.7 Å². The van der Waals surface area contributed by atoms with E-state index in [0.29, 0.717) is 0 Å². The van der Waals surface area contributed by atoms with E-state index in [1.807, 2.05) is 0 Å². The molecular weight excluding hydrogens is 236 g/mol. The van der Waals surface area contributed by atoms with Crippen molar-refractivity contribution >= 4 is 11.7 Å². The minimum Gasteiger partial charge on any atom is -0.364 e. The average molecular weight is 250 g/mol. The van der Waals surface area contributed by atoms with Gasteiger partial charge in [-0.15, -0.1) is 5.11 Å². The number of primary amides is 1. The van der Waals surface area contributed by atoms with Gasteiger partial charge in [0.15, 0.2) is 5.69 Å². The van der Waals surface area contributed by atoms with Crippen LogP contribution in [-0.2, 0) is 0 Å². The SMILES string of the molecule is CN(C)N=Nc1nc[nH]c1C(N)=O.c1c[nH]cn1. The number of carbonyl (C=O) groups excluding carboxylic acids is 1. The standard InChI is InChI=1S/C6H10N6O.C3H4N2/c1-12(2)11-10-6-4(5(7)13)8-3-9-6;1-2-5-3-4-1/h3H,1-2H3,(H2,7,13)(H,8,9);1-3H,(H,4,5). The molecule has 2 aromatic rings. The van der Waals surface area contributed by atoms with Crippen molar-refractivity contribution in [1.82, 2.24) is 24.9 Å². The number of carbonyl (C=O) groups is 1. The van der Waals surface area contributed by atoms with Crippen LogP contribution in [0, 0.1) is 0 Å². The third-order valence-corrected chi connectivity index (χ3v) is 1.59. The van der Waals surface area contributed by atoms with E-state index < -0.39 is 5.91 Å². The fraction of sp³-hybridized carbons (Fsp3) is 0.222. The maximum absolute atomic E-state index is 10.8. The molecule has 0 aliphatic heterocycles. The molecule has 4 N–H and O–H groups in total. The van der Waals surface area contributed by atoms with E-state index in [0.717, 1.165) is 0 Å². The van der Waals surface area contributed by atoms with E-state index in [9.17, 15) is 4.79 Å². The number of hydrogen-bond acceptors (Lipinski definition) is 5. The smallest absolute Gasteiger partial charge is 0.269 e. The number of nitrogens with two attached hydrogens (primary N) is 1. The molecule has 0 aromatic carbocycles. The van der Waals surface area contributed by atoms with E-state index in [1.54, 1.807) is 32.8 Å². The van der Waals surface area contributed by atoms with Gasteiger partial charge in [0.25, 0.3) is 5.91 Å². The van der Waals surface area contributed by atoms with Crippen LogP contribution < -0.4 is 5.73 Å². The largest absolute Gasteiger partial charge is 0.364 e. The highest BCUT2D eigenvalue weighted by molar-refractivity contribution is 5.94. The van der Waals surface area contributed by atoms with Crippen LogP contribution in [0.15, 0.2) is 35.4 Å². The molecule has 2 rings (SSSR count). The minimum atomic E-state index is -0.606. The van der Waals surface area contributed by atoms with Crippen LogP contribution in [0.3, 0.4) is 0 Å². The van der Waals surface area contributed by atoms with Crippen molar-refractivity contribution in [2.75, 3.05) is 14.1 Å². The fourth-order valence-electron chi connectivity index (χ4n) is 0.891. The highest BCUT2D eigenvalue weighted by atomic mass is 16.1. The Labute approximate surface area is 103 Å². The van der Waals surface area contributed by atoms with Gasteiger partial charge in [-0.05, 0) is 0 Å². The Hall–Kier alpha value is -2.71. The number of H-pyrrole nitrogens is 2. The van der Waals surface area contributed by atoms with Gasteiger partial charge >= 0.3 is 0 Å². The first-order chi connectivity index (χ1) is 8.61. The lowest BCUT2D eigenvalue weighted by Gasteiger charge is -1.98. The summed E-state index contributed by atoms with van der Waals surface area (Å²) in [6, 6.07) is 0. The number of imidazole rings is 2. The lowest BCUT2D eigenvalue weighted by Crippen LogP contribution is -2.11. The van der Waals surface area contributed by atoms with Gasteiger partial charge in [-0.3, -0.25) is 9.80 Å². The van der Waals surface area contributed by atoms with Crippen molar-refractivity contribution in [2.45, 2.75) is 0 Å². The third kappa shape index (κ3) is 4.43. The number of hydrogen-bond donors (Lipinski definition) is 3. The van der Waals surface area contributed by atoms with Crippen LogP contribution in [0.1, 0.15) is 10.5 Å². The van der Waals surface area contributed by atoms with Crippen molar-refractivity contribution in [3.63, 3.8) is 0 Å². The molecule has 9 heteroatoms. The zero-order chi connectivity index (χ0) is 13.4. The van der Waals surface area contributed by atoms with Gasteiger partial charge in [-0.1, -0.05) is 5.22 Å². The molecule has 96 valence electrons. The predicted octanol–water partition coefficient (Wildman–Crippen LogP) is 0.479. The zero-order valence-electron chi connectivity index (χ0n) is 10.0. The molecule has 0 aliphatic carbocycles. The van der Waals surface area contributed by atoms with Gasteiger partial charge in [0.05, 0.1) is 12.7 Å². The van der Waals surface area contributed by atoms with Gasteiger partial charge in [0.1, 0.15) is 0 Å². The van der Waals surface area contributed by atoms with E-state index in [1.165, 1.54) is 11.3 Å². The molecule has 0 aliphatic rings.